The van der Waals surface area contributed by atoms with Gasteiger partial charge in [-0.05, 0) is 24.6 Å². The molecule has 0 N–H and O–H groups in total. The van der Waals surface area contributed by atoms with Gasteiger partial charge < -0.3 is 0 Å². The molecule has 0 saturated heterocycles. The van der Waals surface area contributed by atoms with Crippen LogP contribution in [0.1, 0.15) is 11.1 Å². The summed E-state index contributed by atoms with van der Waals surface area (Å²) >= 11 is 1.77. The molecule has 0 atom stereocenters. The molecule has 1 nitrogen and oxygen atoms in total. The normalized spacial score (nSPS) is 10.8. The van der Waals surface area contributed by atoms with Crippen molar-refractivity contribution in [1.82, 2.24) is 0 Å². The summed E-state index contributed by atoms with van der Waals surface area (Å²) in [4.78, 5) is 0. The standard InChI is InChI=1S/C14H9NS/c1-9-4-2-6-11-13-10(8-15)5-3-7-12(13)16-14(9)11/h2-7H,1H3. The summed E-state index contributed by atoms with van der Waals surface area (Å²) in [6.45, 7) is 2.11. The van der Waals surface area contributed by atoms with Crippen molar-refractivity contribution in [2.45, 2.75) is 6.92 Å². The maximum atomic E-state index is 9.14. The molecule has 2 heteroatoms. The van der Waals surface area contributed by atoms with E-state index in [-0.39, 0.29) is 0 Å². The van der Waals surface area contributed by atoms with E-state index >= 15 is 0 Å². The zero-order valence-corrected chi connectivity index (χ0v) is 9.64. The molecular formula is C14H9NS. The lowest BCUT2D eigenvalue weighted by Gasteiger charge is -1.95. The number of aryl methyl sites for hydroxylation is 1. The first kappa shape index (κ1) is 9.38. The third-order valence-corrected chi connectivity index (χ3v) is 4.15. The van der Waals surface area contributed by atoms with Gasteiger partial charge in [-0.2, -0.15) is 5.26 Å². The van der Waals surface area contributed by atoms with Crippen molar-refractivity contribution in [2.75, 3.05) is 0 Å². The van der Waals surface area contributed by atoms with Crippen molar-refractivity contribution in [3.63, 3.8) is 0 Å². The molecule has 3 rings (SSSR count). The topological polar surface area (TPSA) is 23.8 Å². The van der Waals surface area contributed by atoms with Crippen molar-refractivity contribution in [2.24, 2.45) is 0 Å². The van der Waals surface area contributed by atoms with Gasteiger partial charge in [0.1, 0.15) is 0 Å². The van der Waals surface area contributed by atoms with Gasteiger partial charge in [-0.3, -0.25) is 0 Å². The monoisotopic (exact) mass is 223 g/mol. The molecule has 0 radical (unpaired) electrons. The molecular weight excluding hydrogens is 214 g/mol. The summed E-state index contributed by atoms with van der Waals surface area (Å²) < 4.78 is 2.49. The fraction of sp³-hybridized carbons (Fsp3) is 0.0714. The van der Waals surface area contributed by atoms with Crippen molar-refractivity contribution in [3.05, 3.63) is 47.5 Å². The summed E-state index contributed by atoms with van der Waals surface area (Å²) in [6.07, 6.45) is 0. The quantitative estimate of drug-likeness (QED) is 0.559. The van der Waals surface area contributed by atoms with E-state index in [1.54, 1.807) is 11.3 Å². The fourth-order valence-electron chi connectivity index (χ4n) is 2.08. The summed E-state index contributed by atoms with van der Waals surface area (Å²) in [5, 5.41) is 11.4. The van der Waals surface area contributed by atoms with Crippen LogP contribution in [0.2, 0.25) is 0 Å². The van der Waals surface area contributed by atoms with Crippen LogP contribution < -0.4 is 0 Å². The van der Waals surface area contributed by atoms with Crippen molar-refractivity contribution >= 4 is 31.5 Å². The highest BCUT2D eigenvalue weighted by Gasteiger charge is 2.09. The van der Waals surface area contributed by atoms with Gasteiger partial charge in [-0.1, -0.05) is 24.3 Å². The first-order valence-corrected chi connectivity index (χ1v) is 5.94. The highest BCUT2D eigenvalue weighted by atomic mass is 32.1. The van der Waals surface area contributed by atoms with E-state index < -0.39 is 0 Å². The Morgan fingerprint density at radius 3 is 2.75 bits per heavy atom. The Morgan fingerprint density at radius 2 is 1.94 bits per heavy atom. The van der Waals surface area contributed by atoms with Gasteiger partial charge in [-0.15, -0.1) is 11.3 Å². The minimum Gasteiger partial charge on any atom is -0.192 e. The Labute approximate surface area is 97.6 Å². The number of rotatable bonds is 0. The number of hydrogen-bond donors (Lipinski definition) is 0. The Bertz CT molecular complexity index is 731. The second-order valence-corrected chi connectivity index (χ2v) is 4.90. The van der Waals surface area contributed by atoms with Crippen LogP contribution in [0.4, 0.5) is 0 Å². The van der Waals surface area contributed by atoms with Crippen LogP contribution in [0.5, 0.6) is 0 Å². The largest absolute Gasteiger partial charge is 0.192 e. The van der Waals surface area contributed by atoms with Gasteiger partial charge in [0, 0.05) is 20.2 Å². The smallest absolute Gasteiger partial charge is 0.0998 e. The van der Waals surface area contributed by atoms with Gasteiger partial charge in [0.05, 0.1) is 11.6 Å². The molecule has 0 fully saturated rings. The van der Waals surface area contributed by atoms with Crippen LogP contribution in [-0.4, -0.2) is 0 Å². The molecule has 0 bridgehead atoms. The second kappa shape index (κ2) is 3.33. The summed E-state index contributed by atoms with van der Waals surface area (Å²) in [6, 6.07) is 14.5. The molecule has 2 aromatic carbocycles. The summed E-state index contributed by atoms with van der Waals surface area (Å²) in [5.41, 5.74) is 2.05. The van der Waals surface area contributed by atoms with Gasteiger partial charge in [0.15, 0.2) is 0 Å². The van der Waals surface area contributed by atoms with Gasteiger partial charge in [-0.25, -0.2) is 0 Å². The van der Waals surface area contributed by atoms with Crippen molar-refractivity contribution in [3.8, 4) is 6.07 Å². The Kier molecular flexibility index (Phi) is 1.95. The van der Waals surface area contributed by atoms with E-state index in [1.165, 1.54) is 20.3 Å². The second-order valence-electron chi connectivity index (χ2n) is 3.84. The first-order chi connectivity index (χ1) is 7.81. The number of nitriles is 1. The van der Waals surface area contributed by atoms with Crippen LogP contribution in [0.15, 0.2) is 36.4 Å². The number of fused-ring (bicyclic) bond motifs is 3. The Balaban J connectivity index is 2.64. The molecule has 0 aliphatic carbocycles. The van der Waals surface area contributed by atoms with E-state index in [1.807, 2.05) is 12.1 Å². The molecule has 1 aromatic heterocycles. The lowest BCUT2D eigenvalue weighted by atomic mass is 10.1. The zero-order valence-electron chi connectivity index (χ0n) is 8.82. The third-order valence-electron chi connectivity index (χ3n) is 2.84. The van der Waals surface area contributed by atoms with Gasteiger partial charge in [0.25, 0.3) is 0 Å². The van der Waals surface area contributed by atoms with Crippen molar-refractivity contribution < 1.29 is 0 Å². The predicted octanol–water partition coefficient (Wildman–Crippen LogP) is 4.23. The average Bonchev–Trinajstić information content (AvgIpc) is 2.69. The number of thiophene rings is 1. The maximum absolute atomic E-state index is 9.14. The molecule has 0 amide bonds. The minimum absolute atomic E-state index is 0.773. The van der Waals surface area contributed by atoms with E-state index in [2.05, 4.69) is 37.3 Å². The number of hydrogen-bond acceptors (Lipinski definition) is 2. The molecule has 0 saturated carbocycles. The average molecular weight is 223 g/mol. The molecule has 0 unspecified atom stereocenters. The van der Waals surface area contributed by atoms with Gasteiger partial charge in [0.2, 0.25) is 0 Å². The summed E-state index contributed by atoms with van der Waals surface area (Å²) in [5.74, 6) is 0. The predicted molar refractivity (Wildman–Crippen MR) is 68.8 cm³/mol. The van der Waals surface area contributed by atoms with E-state index in [4.69, 9.17) is 5.26 Å². The highest BCUT2D eigenvalue weighted by molar-refractivity contribution is 7.26. The molecule has 76 valence electrons. The Hall–Kier alpha value is -1.85. The molecule has 0 spiro atoms. The van der Waals surface area contributed by atoms with E-state index in [9.17, 15) is 0 Å². The number of nitrogens with zero attached hydrogens (tertiary/aromatic N) is 1. The minimum atomic E-state index is 0.773. The van der Waals surface area contributed by atoms with Crippen LogP contribution in [0.25, 0.3) is 20.2 Å². The fourth-order valence-corrected chi connectivity index (χ4v) is 3.28. The molecule has 0 aliphatic rings. The Morgan fingerprint density at radius 1 is 1.12 bits per heavy atom. The van der Waals surface area contributed by atoms with Gasteiger partial charge >= 0.3 is 0 Å². The first-order valence-electron chi connectivity index (χ1n) is 5.12. The van der Waals surface area contributed by atoms with Crippen LogP contribution in [0, 0.1) is 18.3 Å². The van der Waals surface area contributed by atoms with Crippen LogP contribution >= 0.6 is 11.3 Å². The maximum Gasteiger partial charge on any atom is 0.0998 e. The van der Waals surface area contributed by atoms with E-state index in [0.717, 1.165) is 10.9 Å². The third kappa shape index (κ3) is 1.16. The van der Waals surface area contributed by atoms with Crippen LogP contribution in [-0.2, 0) is 0 Å². The molecule has 1 heterocycles. The molecule has 16 heavy (non-hydrogen) atoms. The van der Waals surface area contributed by atoms with Crippen LogP contribution in [0.3, 0.4) is 0 Å². The molecule has 0 aliphatic heterocycles. The van der Waals surface area contributed by atoms with E-state index in [0.29, 0.717) is 0 Å². The summed E-state index contributed by atoms with van der Waals surface area (Å²) in [7, 11) is 0. The SMILES string of the molecule is Cc1cccc2c1sc1cccc(C#N)c12. The van der Waals surface area contributed by atoms with Crippen molar-refractivity contribution in [1.29, 1.82) is 5.26 Å². The lowest BCUT2D eigenvalue weighted by Crippen LogP contribution is -1.75. The lowest BCUT2D eigenvalue weighted by molar-refractivity contribution is 1.51. The highest BCUT2D eigenvalue weighted by Crippen LogP contribution is 2.37. The number of benzene rings is 2. The zero-order chi connectivity index (χ0) is 11.1. The molecule has 3 aromatic rings.